The van der Waals surface area contributed by atoms with E-state index in [-0.39, 0.29) is 5.91 Å². The Labute approximate surface area is 202 Å². The third-order valence-corrected chi connectivity index (χ3v) is 6.21. The summed E-state index contributed by atoms with van der Waals surface area (Å²) in [6.07, 6.45) is 5.30. The van der Waals surface area contributed by atoms with Crippen LogP contribution in [-0.2, 0) is 11.2 Å². The maximum atomic E-state index is 11.3. The molecule has 0 N–H and O–H groups in total. The Balaban J connectivity index is 1.37. The highest BCUT2D eigenvalue weighted by molar-refractivity contribution is 5.72. The van der Waals surface area contributed by atoms with Gasteiger partial charge in [-0.3, -0.25) is 9.78 Å². The summed E-state index contributed by atoms with van der Waals surface area (Å²) >= 11 is 0. The fourth-order valence-corrected chi connectivity index (χ4v) is 3.96. The Morgan fingerprint density at radius 3 is 2.53 bits per heavy atom. The minimum atomic E-state index is 0.0833. The fraction of sp³-hybridized carbons (Fsp3) is 0.370. The van der Waals surface area contributed by atoms with E-state index in [4.69, 9.17) is 9.72 Å². The lowest BCUT2D eigenvalue weighted by atomic mass is 10.1. The van der Waals surface area contributed by atoms with Gasteiger partial charge in [-0.15, -0.1) is 0 Å². The predicted octanol–water partition coefficient (Wildman–Crippen LogP) is 4.10. The fourth-order valence-electron chi connectivity index (χ4n) is 3.96. The number of benzene rings is 1. The summed E-state index contributed by atoms with van der Waals surface area (Å²) in [6, 6.07) is 16.2. The molecule has 3 heterocycles. The van der Waals surface area contributed by atoms with E-state index in [0.29, 0.717) is 5.75 Å². The molecule has 4 rings (SSSR count). The number of amides is 1. The maximum Gasteiger partial charge on any atom is 0.219 e. The van der Waals surface area contributed by atoms with Gasteiger partial charge in [-0.05, 0) is 67.9 Å². The molecule has 1 fully saturated rings. The standard InChI is InChI=1S/C27H33N5O2/c1-21(33)31(3)13-5-6-22-18-25(20-28-19-22)34-24-11-9-23(10-12-24)26-7-4-8-27(29-26)32-16-14-30(2)15-17-32/h4,7-12,18-20H,5-6,13-17H2,1-3H3. The third kappa shape index (κ3) is 6.32. The van der Waals surface area contributed by atoms with Crippen LogP contribution >= 0.6 is 0 Å². The largest absolute Gasteiger partial charge is 0.456 e. The molecule has 0 bridgehead atoms. The Morgan fingerprint density at radius 2 is 1.79 bits per heavy atom. The highest BCUT2D eigenvalue weighted by Crippen LogP contribution is 2.26. The second-order valence-corrected chi connectivity index (χ2v) is 8.87. The molecule has 0 saturated carbocycles. The molecule has 178 valence electrons. The molecule has 1 amide bonds. The highest BCUT2D eigenvalue weighted by Gasteiger charge is 2.15. The summed E-state index contributed by atoms with van der Waals surface area (Å²) in [7, 11) is 3.98. The highest BCUT2D eigenvalue weighted by atomic mass is 16.5. The molecule has 0 spiro atoms. The Hall–Kier alpha value is -3.45. The zero-order chi connectivity index (χ0) is 23.9. The van der Waals surface area contributed by atoms with Crippen LogP contribution in [0.15, 0.2) is 60.9 Å². The molecular formula is C27H33N5O2. The molecule has 34 heavy (non-hydrogen) atoms. The molecule has 1 saturated heterocycles. The lowest BCUT2D eigenvalue weighted by Crippen LogP contribution is -2.44. The van der Waals surface area contributed by atoms with Gasteiger partial charge in [0.2, 0.25) is 5.91 Å². The van der Waals surface area contributed by atoms with E-state index >= 15 is 0 Å². The number of carbonyl (C=O) groups is 1. The van der Waals surface area contributed by atoms with Crippen molar-refractivity contribution in [2.45, 2.75) is 19.8 Å². The average Bonchev–Trinajstić information content (AvgIpc) is 2.85. The summed E-state index contributed by atoms with van der Waals surface area (Å²) in [5, 5.41) is 0. The van der Waals surface area contributed by atoms with Gasteiger partial charge >= 0.3 is 0 Å². The molecule has 0 unspecified atom stereocenters. The van der Waals surface area contributed by atoms with Gasteiger partial charge in [0, 0.05) is 58.5 Å². The molecule has 0 atom stereocenters. The number of pyridine rings is 2. The molecule has 3 aromatic rings. The first-order valence-corrected chi connectivity index (χ1v) is 11.8. The van der Waals surface area contributed by atoms with Crippen LogP contribution in [-0.4, -0.2) is 72.5 Å². The van der Waals surface area contributed by atoms with Gasteiger partial charge < -0.3 is 19.4 Å². The SMILES string of the molecule is CC(=O)N(C)CCCc1cncc(Oc2ccc(-c3cccc(N4CCN(C)CC4)n3)cc2)c1. The number of nitrogens with zero attached hydrogens (tertiary/aromatic N) is 5. The van der Waals surface area contributed by atoms with Gasteiger partial charge in [0.1, 0.15) is 17.3 Å². The molecular weight excluding hydrogens is 426 g/mol. The Kier molecular flexibility index (Phi) is 7.75. The number of hydrogen-bond donors (Lipinski definition) is 0. The van der Waals surface area contributed by atoms with E-state index in [0.717, 1.165) is 74.0 Å². The predicted molar refractivity (Wildman–Crippen MR) is 135 cm³/mol. The smallest absolute Gasteiger partial charge is 0.219 e. The van der Waals surface area contributed by atoms with Crippen molar-refractivity contribution in [2.24, 2.45) is 0 Å². The van der Waals surface area contributed by atoms with Gasteiger partial charge in [0.15, 0.2) is 0 Å². The van der Waals surface area contributed by atoms with Crippen molar-refractivity contribution in [3.05, 3.63) is 66.5 Å². The summed E-state index contributed by atoms with van der Waals surface area (Å²) < 4.78 is 6.04. The van der Waals surface area contributed by atoms with E-state index in [1.807, 2.05) is 49.6 Å². The molecule has 7 heteroatoms. The molecule has 7 nitrogen and oxygen atoms in total. The second kappa shape index (κ2) is 11.1. The number of piperazine rings is 1. The van der Waals surface area contributed by atoms with E-state index in [2.05, 4.69) is 34.0 Å². The molecule has 2 aromatic heterocycles. The average molecular weight is 460 g/mol. The van der Waals surface area contributed by atoms with Crippen molar-refractivity contribution in [3.8, 4) is 22.8 Å². The third-order valence-electron chi connectivity index (χ3n) is 6.21. The van der Waals surface area contributed by atoms with Crippen LogP contribution in [0, 0.1) is 0 Å². The lowest BCUT2D eigenvalue weighted by Gasteiger charge is -2.33. The van der Waals surface area contributed by atoms with Crippen molar-refractivity contribution < 1.29 is 9.53 Å². The Bertz CT molecular complexity index is 1090. The number of aromatic nitrogens is 2. The first kappa shape index (κ1) is 23.7. The van der Waals surface area contributed by atoms with Crippen LogP contribution in [0.2, 0.25) is 0 Å². The van der Waals surface area contributed by atoms with Crippen molar-refractivity contribution in [1.82, 2.24) is 19.8 Å². The molecule has 1 aromatic carbocycles. The monoisotopic (exact) mass is 459 g/mol. The van der Waals surface area contributed by atoms with E-state index in [1.54, 1.807) is 18.0 Å². The zero-order valence-electron chi connectivity index (χ0n) is 20.3. The van der Waals surface area contributed by atoms with Crippen molar-refractivity contribution in [2.75, 3.05) is 51.7 Å². The van der Waals surface area contributed by atoms with E-state index in [1.165, 1.54) is 0 Å². The van der Waals surface area contributed by atoms with Crippen LogP contribution in [0.3, 0.4) is 0 Å². The molecule has 1 aliphatic heterocycles. The lowest BCUT2D eigenvalue weighted by molar-refractivity contribution is -0.127. The quantitative estimate of drug-likeness (QED) is 0.506. The summed E-state index contributed by atoms with van der Waals surface area (Å²) in [5.74, 6) is 2.58. The number of ether oxygens (including phenoxy) is 1. The Morgan fingerprint density at radius 1 is 1.03 bits per heavy atom. The zero-order valence-corrected chi connectivity index (χ0v) is 20.3. The minimum absolute atomic E-state index is 0.0833. The normalized spacial score (nSPS) is 14.1. The number of hydrogen-bond acceptors (Lipinski definition) is 6. The summed E-state index contributed by atoms with van der Waals surface area (Å²) in [4.78, 5) is 27.0. The molecule has 0 radical (unpaired) electrons. The molecule has 0 aliphatic carbocycles. The number of anilines is 1. The van der Waals surface area contributed by atoms with Crippen molar-refractivity contribution in [1.29, 1.82) is 0 Å². The number of carbonyl (C=O) groups excluding carboxylic acids is 1. The van der Waals surface area contributed by atoms with Crippen molar-refractivity contribution >= 4 is 11.7 Å². The van der Waals surface area contributed by atoms with Gasteiger partial charge in [0.05, 0.1) is 11.9 Å². The van der Waals surface area contributed by atoms with Crippen LogP contribution in [0.4, 0.5) is 5.82 Å². The first-order chi connectivity index (χ1) is 16.5. The second-order valence-electron chi connectivity index (χ2n) is 8.87. The summed E-state index contributed by atoms with van der Waals surface area (Å²) in [6.45, 7) is 6.43. The number of aryl methyl sites for hydroxylation is 1. The van der Waals surface area contributed by atoms with E-state index in [9.17, 15) is 4.79 Å². The van der Waals surface area contributed by atoms with Gasteiger partial charge in [-0.2, -0.15) is 0 Å². The van der Waals surface area contributed by atoms with Gasteiger partial charge in [0.25, 0.3) is 0 Å². The number of rotatable bonds is 8. The van der Waals surface area contributed by atoms with Gasteiger partial charge in [-0.25, -0.2) is 4.98 Å². The van der Waals surface area contributed by atoms with Crippen molar-refractivity contribution in [3.63, 3.8) is 0 Å². The maximum absolute atomic E-state index is 11.3. The van der Waals surface area contributed by atoms with E-state index < -0.39 is 0 Å². The van der Waals surface area contributed by atoms with Crippen LogP contribution in [0.1, 0.15) is 18.9 Å². The number of likely N-dealkylation sites (N-methyl/N-ethyl adjacent to an activating group) is 1. The van der Waals surface area contributed by atoms with Crippen LogP contribution in [0.25, 0.3) is 11.3 Å². The summed E-state index contributed by atoms with van der Waals surface area (Å²) in [5.41, 5.74) is 3.11. The molecule has 1 aliphatic rings. The van der Waals surface area contributed by atoms with Gasteiger partial charge in [-0.1, -0.05) is 6.07 Å². The minimum Gasteiger partial charge on any atom is -0.456 e. The van der Waals surface area contributed by atoms with Crippen LogP contribution in [0.5, 0.6) is 11.5 Å². The topological polar surface area (TPSA) is 61.8 Å². The first-order valence-electron chi connectivity index (χ1n) is 11.8. The van der Waals surface area contributed by atoms with Crippen LogP contribution < -0.4 is 9.64 Å².